The second-order valence-electron chi connectivity index (χ2n) is 3.74. The number of anilines is 1. The van der Waals surface area contributed by atoms with Crippen LogP contribution in [-0.4, -0.2) is 28.0 Å². The van der Waals surface area contributed by atoms with E-state index in [9.17, 15) is 0 Å². The lowest BCUT2D eigenvalue weighted by Crippen LogP contribution is -2.18. The number of hydrogen-bond acceptors (Lipinski definition) is 4. The maximum atomic E-state index is 4.51. The molecule has 0 spiro atoms. The van der Waals surface area contributed by atoms with Crippen LogP contribution >= 0.6 is 11.8 Å². The standard InChI is InChI=1S/C12H15N3S/c1-9(8-16-2)14-12-7-13-10-5-3-4-6-11(10)15-12/h3-7,9H,8H2,1-2H3,(H,14,15). The zero-order chi connectivity index (χ0) is 11.4. The maximum absolute atomic E-state index is 4.51. The molecule has 0 saturated carbocycles. The summed E-state index contributed by atoms with van der Waals surface area (Å²) in [6.45, 7) is 2.15. The molecule has 1 heterocycles. The van der Waals surface area contributed by atoms with Crippen molar-refractivity contribution in [2.75, 3.05) is 17.3 Å². The van der Waals surface area contributed by atoms with Crippen molar-refractivity contribution in [1.82, 2.24) is 9.97 Å². The number of nitrogens with one attached hydrogen (secondary N) is 1. The van der Waals surface area contributed by atoms with E-state index in [0.29, 0.717) is 6.04 Å². The fourth-order valence-corrected chi connectivity index (χ4v) is 2.15. The van der Waals surface area contributed by atoms with Crippen molar-refractivity contribution in [3.8, 4) is 0 Å². The summed E-state index contributed by atoms with van der Waals surface area (Å²) in [4.78, 5) is 8.88. The molecule has 1 unspecified atom stereocenters. The second kappa shape index (κ2) is 5.16. The molecule has 1 aromatic carbocycles. The van der Waals surface area contributed by atoms with Crippen molar-refractivity contribution in [2.45, 2.75) is 13.0 Å². The van der Waals surface area contributed by atoms with Crippen molar-refractivity contribution in [3.63, 3.8) is 0 Å². The zero-order valence-corrected chi connectivity index (χ0v) is 10.3. The largest absolute Gasteiger partial charge is 0.365 e. The summed E-state index contributed by atoms with van der Waals surface area (Å²) in [5, 5.41) is 3.34. The number of benzene rings is 1. The van der Waals surface area contributed by atoms with Crippen LogP contribution in [0.1, 0.15) is 6.92 Å². The first-order chi connectivity index (χ1) is 7.79. The van der Waals surface area contributed by atoms with Crippen molar-refractivity contribution in [2.24, 2.45) is 0 Å². The van der Waals surface area contributed by atoms with Crippen molar-refractivity contribution in [1.29, 1.82) is 0 Å². The number of hydrogen-bond donors (Lipinski definition) is 1. The van der Waals surface area contributed by atoms with Gasteiger partial charge < -0.3 is 5.32 Å². The number of rotatable bonds is 4. The van der Waals surface area contributed by atoms with Gasteiger partial charge in [-0.3, -0.25) is 4.98 Å². The fourth-order valence-electron chi connectivity index (χ4n) is 1.57. The molecule has 0 fully saturated rings. The van der Waals surface area contributed by atoms with Gasteiger partial charge in [-0.05, 0) is 25.3 Å². The third-order valence-electron chi connectivity index (χ3n) is 2.26. The molecule has 0 aliphatic heterocycles. The van der Waals surface area contributed by atoms with Crippen LogP contribution in [0.15, 0.2) is 30.5 Å². The SMILES string of the molecule is CSCC(C)Nc1cnc2ccccc2n1. The van der Waals surface area contributed by atoms with Gasteiger partial charge >= 0.3 is 0 Å². The Morgan fingerprint density at radius 3 is 2.81 bits per heavy atom. The molecule has 2 aromatic rings. The molecule has 2 rings (SSSR count). The Morgan fingerprint density at radius 2 is 2.06 bits per heavy atom. The molecule has 0 radical (unpaired) electrons. The summed E-state index contributed by atoms with van der Waals surface area (Å²) in [5.74, 6) is 1.91. The molecule has 1 aromatic heterocycles. The van der Waals surface area contributed by atoms with E-state index in [0.717, 1.165) is 22.6 Å². The van der Waals surface area contributed by atoms with E-state index in [1.807, 2.05) is 36.0 Å². The van der Waals surface area contributed by atoms with Crippen molar-refractivity contribution >= 4 is 28.6 Å². The van der Waals surface area contributed by atoms with Crippen LogP contribution in [0.2, 0.25) is 0 Å². The predicted molar refractivity (Wildman–Crippen MR) is 71.0 cm³/mol. The Hall–Kier alpha value is -1.29. The first-order valence-electron chi connectivity index (χ1n) is 5.27. The average Bonchev–Trinajstić information content (AvgIpc) is 2.29. The molecule has 4 heteroatoms. The number of para-hydroxylation sites is 2. The zero-order valence-electron chi connectivity index (χ0n) is 9.47. The Bertz CT molecular complexity index is 473. The molecule has 0 saturated heterocycles. The van der Waals surface area contributed by atoms with Crippen LogP contribution < -0.4 is 5.32 Å². The summed E-state index contributed by atoms with van der Waals surface area (Å²) in [6.07, 6.45) is 3.89. The number of aromatic nitrogens is 2. The van der Waals surface area contributed by atoms with Gasteiger partial charge in [-0.15, -0.1) is 0 Å². The van der Waals surface area contributed by atoms with Gasteiger partial charge in [0.2, 0.25) is 0 Å². The van der Waals surface area contributed by atoms with Crippen molar-refractivity contribution in [3.05, 3.63) is 30.5 Å². The van der Waals surface area contributed by atoms with Gasteiger partial charge in [-0.2, -0.15) is 11.8 Å². The van der Waals surface area contributed by atoms with Gasteiger partial charge in [-0.1, -0.05) is 12.1 Å². The molecule has 0 amide bonds. The highest BCUT2D eigenvalue weighted by atomic mass is 32.2. The van der Waals surface area contributed by atoms with Gasteiger partial charge in [0, 0.05) is 11.8 Å². The topological polar surface area (TPSA) is 37.8 Å². The number of thioether (sulfide) groups is 1. The van der Waals surface area contributed by atoms with Gasteiger partial charge in [0.05, 0.1) is 17.2 Å². The first-order valence-corrected chi connectivity index (χ1v) is 6.66. The molecule has 0 aliphatic carbocycles. The molecule has 0 aliphatic rings. The smallest absolute Gasteiger partial charge is 0.145 e. The van der Waals surface area contributed by atoms with Crippen LogP contribution in [0.4, 0.5) is 5.82 Å². The summed E-state index contributed by atoms with van der Waals surface area (Å²) in [5.41, 5.74) is 1.87. The minimum atomic E-state index is 0.408. The van der Waals surface area contributed by atoms with Crippen LogP contribution in [0.3, 0.4) is 0 Å². The number of fused-ring (bicyclic) bond motifs is 1. The van der Waals surface area contributed by atoms with E-state index in [1.165, 1.54) is 0 Å². The molecule has 84 valence electrons. The molecule has 1 atom stereocenters. The van der Waals surface area contributed by atoms with Gasteiger partial charge in [0.15, 0.2) is 0 Å². The highest BCUT2D eigenvalue weighted by molar-refractivity contribution is 7.98. The third kappa shape index (κ3) is 2.64. The van der Waals surface area contributed by atoms with Gasteiger partial charge in [-0.25, -0.2) is 4.98 Å². The summed E-state index contributed by atoms with van der Waals surface area (Å²) >= 11 is 1.82. The molecule has 16 heavy (non-hydrogen) atoms. The fraction of sp³-hybridized carbons (Fsp3) is 0.333. The molecular formula is C12H15N3S. The van der Waals surface area contributed by atoms with E-state index in [4.69, 9.17) is 0 Å². The predicted octanol–water partition coefficient (Wildman–Crippen LogP) is 2.79. The quantitative estimate of drug-likeness (QED) is 0.881. The van der Waals surface area contributed by atoms with Crippen LogP contribution in [0.5, 0.6) is 0 Å². The minimum absolute atomic E-state index is 0.408. The number of nitrogens with zero attached hydrogens (tertiary/aromatic N) is 2. The van der Waals surface area contributed by atoms with E-state index in [-0.39, 0.29) is 0 Å². The van der Waals surface area contributed by atoms with E-state index in [2.05, 4.69) is 28.5 Å². The summed E-state index contributed by atoms with van der Waals surface area (Å²) in [7, 11) is 0. The van der Waals surface area contributed by atoms with Gasteiger partial charge in [0.1, 0.15) is 5.82 Å². The van der Waals surface area contributed by atoms with Crippen LogP contribution in [0.25, 0.3) is 11.0 Å². The van der Waals surface area contributed by atoms with E-state index in [1.54, 1.807) is 6.20 Å². The Kier molecular flexibility index (Phi) is 3.62. The van der Waals surface area contributed by atoms with Crippen LogP contribution in [-0.2, 0) is 0 Å². The highest BCUT2D eigenvalue weighted by Gasteiger charge is 2.03. The molecule has 0 bridgehead atoms. The molecule has 1 N–H and O–H groups in total. The van der Waals surface area contributed by atoms with Gasteiger partial charge in [0.25, 0.3) is 0 Å². The summed E-state index contributed by atoms with van der Waals surface area (Å²) in [6, 6.07) is 8.31. The summed E-state index contributed by atoms with van der Waals surface area (Å²) < 4.78 is 0. The highest BCUT2D eigenvalue weighted by Crippen LogP contribution is 2.12. The van der Waals surface area contributed by atoms with Crippen molar-refractivity contribution < 1.29 is 0 Å². The Morgan fingerprint density at radius 1 is 1.31 bits per heavy atom. The Balaban J connectivity index is 2.19. The van der Waals surface area contributed by atoms with E-state index >= 15 is 0 Å². The third-order valence-corrected chi connectivity index (χ3v) is 3.09. The monoisotopic (exact) mass is 233 g/mol. The molecular weight excluding hydrogens is 218 g/mol. The maximum Gasteiger partial charge on any atom is 0.145 e. The Labute approximate surface area is 99.7 Å². The van der Waals surface area contributed by atoms with E-state index < -0.39 is 0 Å². The molecule has 3 nitrogen and oxygen atoms in total. The first kappa shape index (κ1) is 11.2. The lowest BCUT2D eigenvalue weighted by atomic mass is 10.3. The van der Waals surface area contributed by atoms with Crippen LogP contribution in [0, 0.1) is 0 Å². The average molecular weight is 233 g/mol. The normalized spacial score (nSPS) is 12.6. The lowest BCUT2D eigenvalue weighted by molar-refractivity contribution is 0.903. The lowest BCUT2D eigenvalue weighted by Gasteiger charge is -2.12. The second-order valence-corrected chi connectivity index (χ2v) is 4.66. The minimum Gasteiger partial charge on any atom is -0.365 e.